The number of nitrogens with zero attached hydrogens (tertiary/aromatic N) is 1. The minimum absolute atomic E-state index is 0.185. The van der Waals surface area contributed by atoms with E-state index in [-0.39, 0.29) is 11.7 Å². The fraction of sp³-hybridized carbons (Fsp3) is 0.190. The number of hydrogen-bond acceptors (Lipinski definition) is 4. The molecule has 2 heterocycles. The smallest absolute Gasteiger partial charge is 0.124 e. The fourth-order valence-corrected chi connectivity index (χ4v) is 4.60. The molecule has 132 valence electrons. The molecule has 0 fully saturated rings. The van der Waals surface area contributed by atoms with Gasteiger partial charge in [-0.25, -0.2) is 0 Å². The number of aromatic hydroxyl groups is 1. The number of thiophene rings is 1. The van der Waals surface area contributed by atoms with E-state index in [1.165, 1.54) is 0 Å². The van der Waals surface area contributed by atoms with Crippen LogP contribution < -0.4 is 5.73 Å². The molecule has 2 aromatic carbocycles. The third-order valence-electron chi connectivity index (χ3n) is 4.92. The van der Waals surface area contributed by atoms with Crippen LogP contribution in [0.1, 0.15) is 24.0 Å². The number of halogens is 1. The molecule has 0 saturated heterocycles. The summed E-state index contributed by atoms with van der Waals surface area (Å²) in [7, 11) is 0. The van der Waals surface area contributed by atoms with Crippen molar-refractivity contribution in [2.75, 3.05) is 6.54 Å². The molecule has 1 atom stereocenters. The molecule has 0 aliphatic heterocycles. The van der Waals surface area contributed by atoms with Crippen LogP contribution in [0.2, 0.25) is 5.02 Å². The summed E-state index contributed by atoms with van der Waals surface area (Å²) in [5.74, 6) is 0.427. The highest BCUT2D eigenvalue weighted by Gasteiger charge is 2.18. The van der Waals surface area contributed by atoms with Crippen LogP contribution in [-0.2, 0) is 0 Å². The van der Waals surface area contributed by atoms with Gasteiger partial charge in [0.25, 0.3) is 0 Å². The first-order chi connectivity index (χ1) is 12.5. The minimum Gasteiger partial charge on any atom is -0.507 e. The van der Waals surface area contributed by atoms with Gasteiger partial charge in [0, 0.05) is 27.6 Å². The van der Waals surface area contributed by atoms with E-state index < -0.39 is 0 Å². The number of hydrogen-bond donors (Lipinski definition) is 2. The summed E-state index contributed by atoms with van der Waals surface area (Å²) in [6, 6.07) is 9.77. The molecule has 3 N–H and O–H groups in total. The van der Waals surface area contributed by atoms with Crippen molar-refractivity contribution in [3.8, 4) is 16.9 Å². The third kappa shape index (κ3) is 2.65. The lowest BCUT2D eigenvalue weighted by Gasteiger charge is -2.16. The lowest BCUT2D eigenvalue weighted by Crippen LogP contribution is -2.09. The molecule has 0 radical (unpaired) electrons. The molecule has 3 nitrogen and oxygen atoms in total. The predicted octanol–water partition coefficient (Wildman–Crippen LogP) is 5.85. The van der Waals surface area contributed by atoms with E-state index in [1.54, 1.807) is 17.4 Å². The zero-order chi connectivity index (χ0) is 18.4. The van der Waals surface area contributed by atoms with Crippen molar-refractivity contribution < 1.29 is 5.11 Å². The van der Waals surface area contributed by atoms with E-state index in [4.69, 9.17) is 17.3 Å². The lowest BCUT2D eigenvalue weighted by molar-refractivity contribution is 0.477. The van der Waals surface area contributed by atoms with Gasteiger partial charge in [0.1, 0.15) is 5.75 Å². The maximum Gasteiger partial charge on any atom is 0.124 e. The second-order valence-corrected chi connectivity index (χ2v) is 8.00. The normalized spacial score (nSPS) is 12.8. The summed E-state index contributed by atoms with van der Waals surface area (Å²) in [5.41, 5.74) is 10.3. The molecule has 0 spiro atoms. The molecule has 0 amide bonds. The van der Waals surface area contributed by atoms with Crippen molar-refractivity contribution in [3.63, 3.8) is 0 Å². The number of pyridine rings is 1. The SMILES string of the molecule is Cc1cc(O)c(-c2ccc(C(C)CN)c(Cl)c2)c2c1ncc1sccc12. The van der Waals surface area contributed by atoms with E-state index >= 15 is 0 Å². The van der Waals surface area contributed by atoms with Crippen LogP contribution in [0.15, 0.2) is 41.9 Å². The van der Waals surface area contributed by atoms with Crippen molar-refractivity contribution >= 4 is 43.9 Å². The Morgan fingerprint density at radius 3 is 2.81 bits per heavy atom. The standard InChI is InChI=1S/C21H19ClN2OS/c1-11-7-17(25)19(13-3-4-14(12(2)9-23)16(22)8-13)20-15-5-6-26-18(15)10-24-21(11)20/h3-8,10,12,25H,9,23H2,1-2H3. The summed E-state index contributed by atoms with van der Waals surface area (Å²) in [6.07, 6.45) is 1.90. The Balaban J connectivity index is 2.05. The average molecular weight is 383 g/mol. The molecule has 26 heavy (non-hydrogen) atoms. The van der Waals surface area contributed by atoms with Gasteiger partial charge in [-0.2, -0.15) is 0 Å². The number of phenols is 1. The largest absolute Gasteiger partial charge is 0.507 e. The molecule has 0 aliphatic rings. The number of nitrogens with two attached hydrogens (primary N) is 1. The van der Waals surface area contributed by atoms with Crippen LogP contribution in [0.25, 0.3) is 32.1 Å². The highest BCUT2D eigenvalue weighted by molar-refractivity contribution is 7.17. The topological polar surface area (TPSA) is 59.1 Å². The molecule has 0 saturated carbocycles. The van der Waals surface area contributed by atoms with Crippen LogP contribution in [0.4, 0.5) is 0 Å². The quantitative estimate of drug-likeness (QED) is 0.467. The monoisotopic (exact) mass is 382 g/mol. The highest BCUT2D eigenvalue weighted by atomic mass is 35.5. The lowest BCUT2D eigenvalue weighted by atomic mass is 9.93. The minimum atomic E-state index is 0.185. The van der Waals surface area contributed by atoms with Crippen LogP contribution in [0.3, 0.4) is 0 Å². The zero-order valence-electron chi connectivity index (χ0n) is 14.6. The first-order valence-corrected chi connectivity index (χ1v) is 9.75. The number of benzene rings is 2. The van der Waals surface area contributed by atoms with E-state index in [2.05, 4.69) is 18.0 Å². The molecular weight excluding hydrogens is 364 g/mol. The van der Waals surface area contributed by atoms with Gasteiger partial charge in [-0.05, 0) is 59.7 Å². The maximum absolute atomic E-state index is 10.8. The Morgan fingerprint density at radius 1 is 1.27 bits per heavy atom. The van der Waals surface area contributed by atoms with Gasteiger partial charge in [-0.3, -0.25) is 4.98 Å². The Kier molecular flexibility index (Phi) is 4.35. The van der Waals surface area contributed by atoms with Crippen molar-refractivity contribution in [3.05, 3.63) is 58.1 Å². The van der Waals surface area contributed by atoms with E-state index in [9.17, 15) is 5.11 Å². The van der Waals surface area contributed by atoms with Gasteiger partial charge in [-0.1, -0.05) is 30.7 Å². The number of aromatic nitrogens is 1. The van der Waals surface area contributed by atoms with E-state index in [0.29, 0.717) is 11.6 Å². The molecule has 4 rings (SSSR count). The third-order valence-corrected chi connectivity index (χ3v) is 6.10. The molecular formula is C21H19ClN2OS. The van der Waals surface area contributed by atoms with Crippen molar-refractivity contribution in [2.24, 2.45) is 5.73 Å². The molecule has 4 aromatic rings. The fourth-order valence-electron chi connectivity index (χ4n) is 3.47. The Bertz CT molecular complexity index is 1140. The average Bonchev–Trinajstić information content (AvgIpc) is 3.10. The van der Waals surface area contributed by atoms with Crippen LogP contribution in [0, 0.1) is 6.92 Å². The summed E-state index contributed by atoms with van der Waals surface area (Å²) in [5, 5.41) is 15.6. The maximum atomic E-state index is 10.8. The van der Waals surface area contributed by atoms with Crippen LogP contribution in [-0.4, -0.2) is 16.6 Å². The highest BCUT2D eigenvalue weighted by Crippen LogP contribution is 2.43. The van der Waals surface area contributed by atoms with Gasteiger partial charge >= 0.3 is 0 Å². The Hall–Kier alpha value is -2.14. The molecule has 1 unspecified atom stereocenters. The van der Waals surface area contributed by atoms with E-state index in [1.807, 2.05) is 36.7 Å². The zero-order valence-corrected chi connectivity index (χ0v) is 16.2. The molecule has 0 bridgehead atoms. The molecule has 2 aromatic heterocycles. The van der Waals surface area contributed by atoms with Crippen molar-refractivity contribution in [2.45, 2.75) is 19.8 Å². The predicted molar refractivity (Wildman–Crippen MR) is 111 cm³/mol. The number of fused-ring (bicyclic) bond motifs is 3. The van der Waals surface area contributed by atoms with Crippen molar-refractivity contribution in [1.82, 2.24) is 4.98 Å². The van der Waals surface area contributed by atoms with Crippen LogP contribution >= 0.6 is 22.9 Å². The summed E-state index contributed by atoms with van der Waals surface area (Å²) in [6.45, 7) is 4.56. The Labute approximate surface area is 161 Å². The number of rotatable bonds is 3. The number of aryl methyl sites for hydroxylation is 1. The molecule has 5 heteroatoms. The first-order valence-electron chi connectivity index (χ1n) is 8.49. The van der Waals surface area contributed by atoms with Crippen LogP contribution in [0.5, 0.6) is 5.75 Å². The van der Waals surface area contributed by atoms with Gasteiger partial charge < -0.3 is 10.8 Å². The van der Waals surface area contributed by atoms with Gasteiger partial charge in [0.2, 0.25) is 0 Å². The van der Waals surface area contributed by atoms with Gasteiger partial charge in [-0.15, -0.1) is 11.3 Å². The molecule has 0 aliphatic carbocycles. The van der Waals surface area contributed by atoms with Crippen molar-refractivity contribution in [1.29, 1.82) is 0 Å². The van der Waals surface area contributed by atoms with E-state index in [0.717, 1.165) is 43.2 Å². The second kappa shape index (κ2) is 6.54. The van der Waals surface area contributed by atoms with Gasteiger partial charge in [0.15, 0.2) is 0 Å². The Morgan fingerprint density at radius 2 is 2.08 bits per heavy atom. The summed E-state index contributed by atoms with van der Waals surface area (Å²) < 4.78 is 1.10. The number of phenolic OH excluding ortho intramolecular Hbond substituents is 1. The summed E-state index contributed by atoms with van der Waals surface area (Å²) >= 11 is 8.18. The summed E-state index contributed by atoms with van der Waals surface area (Å²) in [4.78, 5) is 4.64. The first kappa shape index (κ1) is 17.3. The second-order valence-electron chi connectivity index (χ2n) is 6.64. The van der Waals surface area contributed by atoms with Gasteiger partial charge in [0.05, 0.1) is 10.2 Å².